The zero-order chi connectivity index (χ0) is 14.5. The molecule has 0 radical (unpaired) electrons. The number of nitrogens with one attached hydrogen (secondary N) is 1. The van der Waals surface area contributed by atoms with Gasteiger partial charge in [-0.05, 0) is 37.1 Å². The van der Waals surface area contributed by atoms with Crippen LogP contribution in [0.2, 0.25) is 5.02 Å². The van der Waals surface area contributed by atoms with Crippen LogP contribution in [-0.4, -0.2) is 43.1 Å². The highest BCUT2D eigenvalue weighted by atomic mass is 35.5. The molecule has 0 unspecified atom stereocenters. The Labute approximate surface area is 122 Å². The van der Waals surface area contributed by atoms with E-state index in [1.54, 1.807) is 29.2 Å². The fraction of sp³-hybridized carbons (Fsp3) is 0.429. The number of amides is 2. The molecular weight excluding hydrogens is 280 g/mol. The molecule has 1 N–H and O–H groups in total. The summed E-state index contributed by atoms with van der Waals surface area (Å²) >= 11 is 5.81. The first-order chi connectivity index (χ1) is 9.60. The maximum absolute atomic E-state index is 12.3. The zero-order valence-electron chi connectivity index (χ0n) is 11.3. The Morgan fingerprint density at radius 3 is 2.40 bits per heavy atom. The maximum atomic E-state index is 12.3. The predicted octanol–water partition coefficient (Wildman–Crippen LogP) is 2.30. The van der Waals surface area contributed by atoms with E-state index in [1.807, 2.05) is 0 Å². The molecule has 0 bridgehead atoms. The number of rotatable bonds is 2. The van der Waals surface area contributed by atoms with Gasteiger partial charge in [0.1, 0.15) is 0 Å². The Hall–Kier alpha value is -1.75. The Morgan fingerprint density at radius 2 is 1.85 bits per heavy atom. The lowest BCUT2D eigenvalue weighted by atomic mass is 10.0. The molecule has 1 aromatic carbocycles. The lowest BCUT2D eigenvalue weighted by molar-refractivity contribution is 0.0704. The molecule has 0 atom stereocenters. The molecule has 0 spiro atoms. The molecule has 20 heavy (non-hydrogen) atoms. The number of methoxy groups -OCH3 is 1. The molecule has 1 aliphatic rings. The van der Waals surface area contributed by atoms with Crippen molar-refractivity contribution < 1.29 is 14.3 Å². The number of hydrogen-bond donors (Lipinski definition) is 1. The Balaban J connectivity index is 1.88. The summed E-state index contributed by atoms with van der Waals surface area (Å²) in [5, 5.41) is 3.37. The van der Waals surface area contributed by atoms with Crippen molar-refractivity contribution in [3.05, 3.63) is 34.9 Å². The molecule has 1 fully saturated rings. The van der Waals surface area contributed by atoms with Gasteiger partial charge < -0.3 is 15.0 Å². The molecule has 1 aromatic rings. The van der Waals surface area contributed by atoms with Crippen LogP contribution in [-0.2, 0) is 4.74 Å². The van der Waals surface area contributed by atoms with E-state index < -0.39 is 6.09 Å². The summed E-state index contributed by atoms with van der Waals surface area (Å²) in [7, 11) is 1.34. The van der Waals surface area contributed by atoms with Crippen LogP contribution < -0.4 is 5.32 Å². The molecule has 1 heterocycles. The van der Waals surface area contributed by atoms with Gasteiger partial charge in [0.05, 0.1) is 7.11 Å². The highest BCUT2D eigenvalue weighted by Crippen LogP contribution is 2.16. The maximum Gasteiger partial charge on any atom is 0.407 e. The lowest BCUT2D eigenvalue weighted by Crippen LogP contribution is -2.46. The fourth-order valence-electron chi connectivity index (χ4n) is 2.23. The van der Waals surface area contributed by atoms with Gasteiger partial charge in [-0.3, -0.25) is 4.79 Å². The van der Waals surface area contributed by atoms with Crippen molar-refractivity contribution in [1.82, 2.24) is 10.2 Å². The highest BCUT2D eigenvalue weighted by molar-refractivity contribution is 6.30. The predicted molar refractivity (Wildman–Crippen MR) is 75.9 cm³/mol. The topological polar surface area (TPSA) is 58.6 Å². The van der Waals surface area contributed by atoms with Crippen LogP contribution in [0, 0.1) is 0 Å². The smallest absolute Gasteiger partial charge is 0.407 e. The SMILES string of the molecule is COC(=O)NC1CCN(C(=O)c2ccc(Cl)cc2)CC1. The minimum atomic E-state index is -0.424. The number of carbonyl (C=O) groups is 2. The molecule has 5 nitrogen and oxygen atoms in total. The number of piperidine rings is 1. The summed E-state index contributed by atoms with van der Waals surface area (Å²) < 4.78 is 4.56. The van der Waals surface area contributed by atoms with Crippen molar-refractivity contribution in [1.29, 1.82) is 0 Å². The number of hydrogen-bond acceptors (Lipinski definition) is 3. The average molecular weight is 297 g/mol. The van der Waals surface area contributed by atoms with Crippen molar-refractivity contribution in [2.45, 2.75) is 18.9 Å². The zero-order valence-corrected chi connectivity index (χ0v) is 12.0. The molecule has 0 aromatic heterocycles. The third-order valence-corrected chi connectivity index (χ3v) is 3.63. The molecule has 2 amide bonds. The minimum Gasteiger partial charge on any atom is -0.453 e. The Morgan fingerprint density at radius 1 is 1.25 bits per heavy atom. The standard InChI is InChI=1S/C14H17ClN2O3/c1-20-14(19)16-12-6-8-17(9-7-12)13(18)10-2-4-11(15)5-3-10/h2-5,12H,6-9H2,1H3,(H,16,19). The van der Waals surface area contributed by atoms with Gasteiger partial charge in [-0.15, -0.1) is 0 Å². The first-order valence-electron chi connectivity index (χ1n) is 6.49. The van der Waals surface area contributed by atoms with Crippen LogP contribution in [0.3, 0.4) is 0 Å². The van der Waals surface area contributed by atoms with Crippen LogP contribution in [0.1, 0.15) is 23.2 Å². The number of benzene rings is 1. The van der Waals surface area contributed by atoms with Gasteiger partial charge in [0.2, 0.25) is 0 Å². The van der Waals surface area contributed by atoms with E-state index in [4.69, 9.17) is 11.6 Å². The molecule has 108 valence electrons. The Bertz CT molecular complexity index is 482. The third-order valence-electron chi connectivity index (χ3n) is 3.38. The van der Waals surface area contributed by atoms with Gasteiger partial charge >= 0.3 is 6.09 Å². The van der Waals surface area contributed by atoms with E-state index >= 15 is 0 Å². The van der Waals surface area contributed by atoms with Crippen molar-refractivity contribution in [2.24, 2.45) is 0 Å². The first kappa shape index (κ1) is 14.7. The van der Waals surface area contributed by atoms with E-state index in [0.29, 0.717) is 23.7 Å². The van der Waals surface area contributed by atoms with Gasteiger partial charge in [-0.25, -0.2) is 4.79 Å². The molecule has 6 heteroatoms. The number of alkyl carbamates (subject to hydrolysis) is 1. The van der Waals surface area contributed by atoms with Crippen molar-refractivity contribution in [3.8, 4) is 0 Å². The quantitative estimate of drug-likeness (QED) is 0.911. The highest BCUT2D eigenvalue weighted by Gasteiger charge is 2.24. The summed E-state index contributed by atoms with van der Waals surface area (Å²) in [6.07, 6.45) is 1.04. The average Bonchev–Trinajstić information content (AvgIpc) is 2.48. The van der Waals surface area contributed by atoms with E-state index in [2.05, 4.69) is 10.1 Å². The third kappa shape index (κ3) is 3.63. The van der Waals surface area contributed by atoms with Crippen LogP contribution in [0.15, 0.2) is 24.3 Å². The first-order valence-corrected chi connectivity index (χ1v) is 6.87. The summed E-state index contributed by atoms with van der Waals surface area (Å²) in [5.41, 5.74) is 0.633. The minimum absolute atomic E-state index is 0.00168. The molecule has 1 aliphatic heterocycles. The summed E-state index contributed by atoms with van der Waals surface area (Å²) in [6, 6.07) is 6.94. The second-order valence-electron chi connectivity index (χ2n) is 4.71. The van der Waals surface area contributed by atoms with E-state index in [9.17, 15) is 9.59 Å². The monoisotopic (exact) mass is 296 g/mol. The number of carbonyl (C=O) groups excluding carboxylic acids is 2. The van der Waals surface area contributed by atoms with Crippen LogP contribution >= 0.6 is 11.6 Å². The number of nitrogens with zero attached hydrogens (tertiary/aromatic N) is 1. The second-order valence-corrected chi connectivity index (χ2v) is 5.15. The van der Waals surface area contributed by atoms with E-state index in [1.165, 1.54) is 7.11 Å². The van der Waals surface area contributed by atoms with Crippen LogP contribution in [0.5, 0.6) is 0 Å². The van der Waals surface area contributed by atoms with Gasteiger partial charge in [0.25, 0.3) is 5.91 Å². The summed E-state index contributed by atoms with van der Waals surface area (Å²) in [4.78, 5) is 25.2. The molecule has 2 rings (SSSR count). The van der Waals surface area contributed by atoms with Crippen LogP contribution in [0.4, 0.5) is 4.79 Å². The lowest BCUT2D eigenvalue weighted by Gasteiger charge is -2.32. The van der Waals surface area contributed by atoms with Gasteiger partial charge in [0, 0.05) is 29.7 Å². The largest absolute Gasteiger partial charge is 0.453 e. The van der Waals surface area contributed by atoms with Gasteiger partial charge in [0.15, 0.2) is 0 Å². The van der Waals surface area contributed by atoms with Crippen molar-refractivity contribution in [3.63, 3.8) is 0 Å². The van der Waals surface area contributed by atoms with Crippen molar-refractivity contribution >= 4 is 23.6 Å². The summed E-state index contributed by atoms with van der Waals surface area (Å²) in [5.74, 6) is -0.00168. The number of ether oxygens (including phenoxy) is 1. The fourth-order valence-corrected chi connectivity index (χ4v) is 2.35. The number of likely N-dealkylation sites (tertiary alicyclic amines) is 1. The van der Waals surface area contributed by atoms with Gasteiger partial charge in [-0.1, -0.05) is 11.6 Å². The van der Waals surface area contributed by atoms with Gasteiger partial charge in [-0.2, -0.15) is 0 Å². The van der Waals surface area contributed by atoms with E-state index in [0.717, 1.165) is 12.8 Å². The molecule has 0 saturated carbocycles. The summed E-state index contributed by atoms with van der Waals surface area (Å²) in [6.45, 7) is 1.24. The molecule has 0 aliphatic carbocycles. The van der Waals surface area contributed by atoms with Crippen LogP contribution in [0.25, 0.3) is 0 Å². The van der Waals surface area contributed by atoms with E-state index in [-0.39, 0.29) is 11.9 Å². The molecular formula is C14H17ClN2O3. The normalized spacial score (nSPS) is 15.8. The van der Waals surface area contributed by atoms with Crippen molar-refractivity contribution in [2.75, 3.05) is 20.2 Å². The second kappa shape index (κ2) is 6.61. The Kier molecular flexibility index (Phi) is 4.84. The molecule has 1 saturated heterocycles. The number of halogens is 1.